The number of hydrogen-bond donors (Lipinski definition) is 0. The van der Waals surface area contributed by atoms with Crippen LogP contribution < -0.4 is 0 Å². The van der Waals surface area contributed by atoms with Crippen LogP contribution in [0.2, 0.25) is 0 Å². The van der Waals surface area contributed by atoms with Gasteiger partial charge in [0, 0.05) is 16.5 Å². The van der Waals surface area contributed by atoms with Crippen molar-refractivity contribution < 1.29 is 4.39 Å². The first kappa shape index (κ1) is 13.1. The van der Waals surface area contributed by atoms with Crippen LogP contribution >= 0.6 is 0 Å². The van der Waals surface area contributed by atoms with E-state index in [2.05, 4.69) is 54.8 Å². The van der Waals surface area contributed by atoms with Crippen LogP contribution in [0.3, 0.4) is 0 Å². The second-order valence-corrected chi connectivity index (χ2v) is 5.85. The minimum Gasteiger partial charge on any atom is -0.309 e. The third-order valence-corrected chi connectivity index (χ3v) is 4.16. The molecule has 1 aromatic heterocycles. The summed E-state index contributed by atoms with van der Waals surface area (Å²) in [5.41, 5.74) is 5.75. The number of benzene rings is 3. The van der Waals surface area contributed by atoms with Crippen LogP contribution in [0.4, 0.5) is 4.39 Å². The minimum atomic E-state index is -0.212. The third kappa shape index (κ3) is 1.92. The second kappa shape index (κ2) is 4.70. The highest BCUT2D eigenvalue weighted by Gasteiger charge is 2.12. The van der Waals surface area contributed by atoms with Gasteiger partial charge in [0.05, 0.1) is 11.0 Å². The molecule has 1 heterocycles. The normalized spacial score (nSPS) is 11.4. The van der Waals surface area contributed by atoms with Gasteiger partial charge in [-0.25, -0.2) is 4.39 Å². The lowest BCUT2D eigenvalue weighted by Gasteiger charge is -2.08. The zero-order valence-electron chi connectivity index (χ0n) is 12.6. The standard InChI is InChI=1S/C20H16FN/c1-13-4-10-19-18(11-13)17-9-3-14(2)12-20(17)22(19)16-7-5-15(21)6-8-16/h3-12H,1-2H3. The van der Waals surface area contributed by atoms with E-state index in [9.17, 15) is 4.39 Å². The lowest BCUT2D eigenvalue weighted by atomic mass is 10.1. The Balaban J connectivity index is 2.18. The Morgan fingerprint density at radius 1 is 0.682 bits per heavy atom. The highest BCUT2D eigenvalue weighted by Crippen LogP contribution is 2.33. The van der Waals surface area contributed by atoms with Crippen LogP contribution in [-0.2, 0) is 0 Å². The van der Waals surface area contributed by atoms with Crippen molar-refractivity contribution in [2.24, 2.45) is 0 Å². The molecule has 0 aliphatic rings. The zero-order chi connectivity index (χ0) is 15.3. The molecule has 0 amide bonds. The number of halogens is 1. The Kier molecular flexibility index (Phi) is 2.80. The molecule has 0 radical (unpaired) electrons. The van der Waals surface area contributed by atoms with Gasteiger partial charge < -0.3 is 4.57 Å². The predicted molar refractivity (Wildman–Crippen MR) is 90.2 cm³/mol. The van der Waals surface area contributed by atoms with Crippen LogP contribution in [0.1, 0.15) is 11.1 Å². The fourth-order valence-corrected chi connectivity index (χ4v) is 3.11. The molecule has 0 aliphatic carbocycles. The third-order valence-electron chi connectivity index (χ3n) is 4.16. The van der Waals surface area contributed by atoms with E-state index < -0.39 is 0 Å². The van der Waals surface area contributed by atoms with E-state index in [0.717, 1.165) is 16.7 Å². The van der Waals surface area contributed by atoms with Gasteiger partial charge in [-0.05, 0) is 61.9 Å². The summed E-state index contributed by atoms with van der Waals surface area (Å²) in [6.45, 7) is 4.20. The van der Waals surface area contributed by atoms with Crippen LogP contribution in [0.15, 0.2) is 60.7 Å². The highest BCUT2D eigenvalue weighted by atomic mass is 19.1. The van der Waals surface area contributed by atoms with E-state index in [1.807, 2.05) is 12.1 Å². The summed E-state index contributed by atoms with van der Waals surface area (Å²) in [6, 6.07) is 19.7. The molecule has 0 saturated carbocycles. The van der Waals surface area contributed by atoms with E-state index in [1.54, 1.807) is 0 Å². The van der Waals surface area contributed by atoms with Gasteiger partial charge in [0.1, 0.15) is 5.82 Å². The molecule has 0 fully saturated rings. The molecular weight excluding hydrogens is 273 g/mol. The molecule has 3 aromatic carbocycles. The van der Waals surface area contributed by atoms with Crippen molar-refractivity contribution in [1.29, 1.82) is 0 Å². The van der Waals surface area contributed by atoms with Gasteiger partial charge in [-0.2, -0.15) is 0 Å². The van der Waals surface area contributed by atoms with Crippen molar-refractivity contribution in [3.63, 3.8) is 0 Å². The van der Waals surface area contributed by atoms with Gasteiger partial charge in [-0.1, -0.05) is 23.8 Å². The van der Waals surface area contributed by atoms with E-state index >= 15 is 0 Å². The average Bonchev–Trinajstić information content (AvgIpc) is 2.81. The van der Waals surface area contributed by atoms with Crippen molar-refractivity contribution in [3.05, 3.63) is 77.6 Å². The minimum absolute atomic E-state index is 0.212. The van der Waals surface area contributed by atoms with Crippen molar-refractivity contribution in [3.8, 4) is 5.69 Å². The Bertz CT molecular complexity index is 994. The molecule has 0 N–H and O–H groups in total. The topological polar surface area (TPSA) is 4.93 Å². The van der Waals surface area contributed by atoms with E-state index in [4.69, 9.17) is 0 Å². The Hall–Kier alpha value is -2.61. The van der Waals surface area contributed by atoms with Crippen molar-refractivity contribution in [2.75, 3.05) is 0 Å². The Labute approximate surface area is 128 Å². The molecule has 4 rings (SSSR count). The van der Waals surface area contributed by atoms with E-state index in [0.29, 0.717) is 0 Å². The quantitative estimate of drug-likeness (QED) is 0.433. The molecule has 22 heavy (non-hydrogen) atoms. The number of aromatic nitrogens is 1. The molecule has 0 spiro atoms. The maximum Gasteiger partial charge on any atom is 0.123 e. The lowest BCUT2D eigenvalue weighted by Crippen LogP contribution is -1.94. The van der Waals surface area contributed by atoms with Crippen molar-refractivity contribution in [2.45, 2.75) is 13.8 Å². The molecule has 0 bridgehead atoms. The summed E-state index contributed by atoms with van der Waals surface area (Å²) < 4.78 is 15.5. The van der Waals surface area contributed by atoms with Crippen LogP contribution in [-0.4, -0.2) is 4.57 Å². The zero-order valence-corrected chi connectivity index (χ0v) is 12.6. The Morgan fingerprint density at radius 3 is 2.14 bits per heavy atom. The molecule has 4 aromatic rings. The average molecular weight is 289 g/mol. The highest BCUT2D eigenvalue weighted by molar-refractivity contribution is 6.09. The predicted octanol–water partition coefficient (Wildman–Crippen LogP) is 5.54. The van der Waals surface area contributed by atoms with Gasteiger partial charge in [0.15, 0.2) is 0 Å². The summed E-state index contributed by atoms with van der Waals surface area (Å²) in [5, 5.41) is 2.47. The first-order valence-corrected chi connectivity index (χ1v) is 7.41. The SMILES string of the molecule is Cc1ccc2c(c1)c1ccc(C)cc1n2-c1ccc(F)cc1. The first-order chi connectivity index (χ1) is 10.6. The number of nitrogens with zero attached hydrogens (tertiary/aromatic N) is 1. The van der Waals surface area contributed by atoms with Gasteiger partial charge in [0.25, 0.3) is 0 Å². The van der Waals surface area contributed by atoms with Gasteiger partial charge in [0.2, 0.25) is 0 Å². The molecular formula is C20H16FN. The molecule has 0 aliphatic heterocycles. The van der Waals surface area contributed by atoms with Crippen LogP contribution in [0.25, 0.3) is 27.5 Å². The van der Waals surface area contributed by atoms with Gasteiger partial charge in [-0.15, -0.1) is 0 Å². The van der Waals surface area contributed by atoms with Crippen molar-refractivity contribution >= 4 is 21.8 Å². The molecule has 0 saturated heterocycles. The molecule has 0 atom stereocenters. The van der Waals surface area contributed by atoms with E-state index in [1.165, 1.54) is 34.0 Å². The molecule has 108 valence electrons. The smallest absolute Gasteiger partial charge is 0.123 e. The number of rotatable bonds is 1. The fraction of sp³-hybridized carbons (Fsp3) is 0.100. The van der Waals surface area contributed by atoms with Crippen LogP contribution in [0, 0.1) is 19.7 Å². The summed E-state index contributed by atoms with van der Waals surface area (Å²) in [6.07, 6.45) is 0. The van der Waals surface area contributed by atoms with Gasteiger partial charge >= 0.3 is 0 Å². The van der Waals surface area contributed by atoms with Crippen molar-refractivity contribution in [1.82, 2.24) is 4.57 Å². The van der Waals surface area contributed by atoms with E-state index in [-0.39, 0.29) is 5.82 Å². The monoisotopic (exact) mass is 289 g/mol. The molecule has 0 unspecified atom stereocenters. The summed E-state index contributed by atoms with van der Waals surface area (Å²) >= 11 is 0. The Morgan fingerprint density at radius 2 is 1.36 bits per heavy atom. The lowest BCUT2D eigenvalue weighted by molar-refractivity contribution is 0.627. The maximum atomic E-state index is 13.3. The number of fused-ring (bicyclic) bond motifs is 3. The largest absolute Gasteiger partial charge is 0.309 e. The molecule has 2 heteroatoms. The number of aryl methyl sites for hydroxylation is 2. The number of hydrogen-bond acceptors (Lipinski definition) is 0. The van der Waals surface area contributed by atoms with Crippen LogP contribution in [0.5, 0.6) is 0 Å². The summed E-state index contributed by atoms with van der Waals surface area (Å²) in [4.78, 5) is 0. The fourth-order valence-electron chi connectivity index (χ4n) is 3.11. The maximum absolute atomic E-state index is 13.3. The van der Waals surface area contributed by atoms with Gasteiger partial charge in [-0.3, -0.25) is 0 Å². The summed E-state index contributed by atoms with van der Waals surface area (Å²) in [7, 11) is 0. The first-order valence-electron chi connectivity index (χ1n) is 7.41. The second-order valence-electron chi connectivity index (χ2n) is 5.85. The summed E-state index contributed by atoms with van der Waals surface area (Å²) in [5.74, 6) is -0.212. The molecule has 1 nitrogen and oxygen atoms in total.